The van der Waals surface area contributed by atoms with Crippen LogP contribution in [0.3, 0.4) is 0 Å². The predicted octanol–water partition coefficient (Wildman–Crippen LogP) is 4.97. The van der Waals surface area contributed by atoms with Crippen molar-refractivity contribution in [3.05, 3.63) is 78.4 Å². The van der Waals surface area contributed by atoms with Gasteiger partial charge in [-0.1, -0.05) is 66.6 Å². The maximum atomic E-state index is 12.0. The van der Waals surface area contributed by atoms with Gasteiger partial charge in [0.15, 0.2) is 0 Å². The van der Waals surface area contributed by atoms with Crippen molar-refractivity contribution >= 4 is 74.6 Å². The Balaban J connectivity index is 0. The molecule has 0 fully saturated rings. The van der Waals surface area contributed by atoms with E-state index in [0.29, 0.717) is 5.56 Å². The predicted molar refractivity (Wildman–Crippen MR) is 169 cm³/mol. The van der Waals surface area contributed by atoms with E-state index in [-0.39, 0.29) is 86.3 Å². The van der Waals surface area contributed by atoms with Gasteiger partial charge >= 0.3 is 172 Å². The molecule has 0 N–H and O–H groups in total. The van der Waals surface area contributed by atoms with Crippen LogP contribution in [-0.2, 0) is 6.42 Å². The second-order valence-electron chi connectivity index (χ2n) is 9.01. The summed E-state index contributed by atoms with van der Waals surface area (Å²) in [7, 11) is 0. The number of rotatable bonds is 12. The Hall–Kier alpha value is 0.139. The standard InChI is InChI=1S/C16H19BrO.C16H20OTe.Na.H2Te.H/c1-2-3-4-5-6-7-8-13-16(18)14-11-9-10-12-15(14)17;1-2-3-4-5-6-9-13-12-15(17)14-10-7-8-11-16(14)18-13;;;/h9-12H,2-7H2,1H3;7-8,10-12H,2-6,9H2,1H3;;1H2;/q;;+1;;-1. The Morgan fingerprint density at radius 1 is 0.868 bits per heavy atom. The van der Waals surface area contributed by atoms with Crippen LogP contribution in [0.15, 0.2) is 63.9 Å². The Morgan fingerprint density at radius 3 is 2.16 bits per heavy atom. The van der Waals surface area contributed by atoms with Gasteiger partial charge in [-0.3, -0.25) is 4.79 Å². The summed E-state index contributed by atoms with van der Waals surface area (Å²) in [5.74, 6) is 5.58. The number of hydrogen-bond donors (Lipinski definition) is 0. The topological polar surface area (TPSA) is 34.1 Å². The summed E-state index contributed by atoms with van der Waals surface area (Å²) in [6.07, 6.45) is 14.6. The average Bonchev–Trinajstić information content (AvgIpc) is 2.89. The first kappa shape index (κ1) is 38.1. The van der Waals surface area contributed by atoms with E-state index in [0.717, 1.165) is 29.1 Å². The van der Waals surface area contributed by atoms with Gasteiger partial charge in [0.05, 0.1) is 0 Å². The monoisotopic (exact) mass is 820 g/mol. The number of carbonyl (C=O) groups excluding carboxylic acids is 1. The first-order valence-corrected chi connectivity index (χ1v) is 16.5. The van der Waals surface area contributed by atoms with Crippen molar-refractivity contribution in [3.8, 4) is 11.8 Å². The second-order valence-corrected chi connectivity index (χ2v) is 13.2. The number of hydrogen-bond acceptors (Lipinski definition) is 2. The normalized spacial score (nSPS) is 9.76. The van der Waals surface area contributed by atoms with Gasteiger partial charge in [0.25, 0.3) is 0 Å². The molecule has 2 nitrogen and oxygen atoms in total. The Kier molecular flexibility index (Phi) is 23.9. The van der Waals surface area contributed by atoms with E-state index in [9.17, 15) is 9.59 Å². The maximum absolute atomic E-state index is 12.0. The van der Waals surface area contributed by atoms with Gasteiger partial charge in [0, 0.05) is 16.5 Å². The van der Waals surface area contributed by atoms with Crippen LogP contribution in [0.1, 0.15) is 99.8 Å². The molecule has 2 aromatic carbocycles. The van der Waals surface area contributed by atoms with Gasteiger partial charge in [-0.25, -0.2) is 0 Å². The van der Waals surface area contributed by atoms with Crippen LogP contribution in [0, 0.1) is 11.8 Å². The van der Waals surface area contributed by atoms with Crippen LogP contribution in [-0.4, -0.2) is 49.9 Å². The number of aryl methyl sites for hydroxylation is 1. The van der Waals surface area contributed by atoms with Crippen LogP contribution in [0.25, 0.3) is 8.79 Å². The molecule has 0 aliphatic heterocycles. The van der Waals surface area contributed by atoms with Crippen molar-refractivity contribution in [3.63, 3.8) is 0 Å². The third-order valence-corrected chi connectivity index (χ3v) is 9.94. The zero-order valence-corrected chi connectivity index (χ0v) is 32.1. The molecule has 0 saturated carbocycles. The van der Waals surface area contributed by atoms with Crippen LogP contribution >= 0.6 is 15.9 Å². The number of benzene rings is 2. The molecule has 0 spiro atoms. The molecule has 0 saturated heterocycles. The fraction of sp³-hybridized carbons (Fsp3) is 0.438. The van der Waals surface area contributed by atoms with E-state index in [1.807, 2.05) is 36.4 Å². The van der Waals surface area contributed by atoms with Crippen LogP contribution in [0.5, 0.6) is 0 Å². The average molecular weight is 817 g/mol. The Bertz CT molecular complexity index is 1200. The molecule has 38 heavy (non-hydrogen) atoms. The molecule has 0 amide bonds. The molecule has 0 bridgehead atoms. The van der Waals surface area contributed by atoms with E-state index in [1.165, 1.54) is 64.8 Å². The summed E-state index contributed by atoms with van der Waals surface area (Å²) >= 11 is 3.08. The third-order valence-electron chi connectivity index (χ3n) is 5.94. The molecule has 202 valence electrons. The SMILES string of the molecule is CCCCCCCC#CC(=O)c1ccccc1Br.CCCCCCCc1cc(=O)c2ccccc2[te]1.[H-].[Na+].[TeH2]. The van der Waals surface area contributed by atoms with E-state index in [1.54, 1.807) is 6.07 Å². The fourth-order valence-corrected chi connectivity index (χ4v) is 7.51. The first-order valence-electron chi connectivity index (χ1n) is 13.4. The van der Waals surface area contributed by atoms with Crippen molar-refractivity contribution in [2.75, 3.05) is 0 Å². The minimum absolute atomic E-state index is 0. The number of halogens is 1. The molecule has 3 aromatic rings. The van der Waals surface area contributed by atoms with Crippen LogP contribution < -0.4 is 35.0 Å². The molecule has 0 aliphatic carbocycles. The number of Topliss-reactive ketones (excluding diaryl/α,β-unsaturated/α-hetero) is 1. The molecule has 0 aliphatic rings. The van der Waals surface area contributed by atoms with E-state index >= 15 is 0 Å². The van der Waals surface area contributed by atoms with E-state index in [2.05, 4.69) is 53.8 Å². The van der Waals surface area contributed by atoms with Gasteiger partial charge in [0.2, 0.25) is 5.78 Å². The number of unbranched alkanes of at least 4 members (excludes halogenated alkanes) is 9. The van der Waals surface area contributed by atoms with Gasteiger partial charge < -0.3 is 1.43 Å². The van der Waals surface area contributed by atoms with Crippen molar-refractivity contribution in [2.24, 2.45) is 0 Å². The summed E-state index contributed by atoms with van der Waals surface area (Å²) in [6, 6.07) is 17.4. The number of ketones is 1. The zero-order chi connectivity index (χ0) is 26.0. The second kappa shape index (κ2) is 23.8. The molecule has 0 unspecified atom stereocenters. The Labute approximate surface area is 288 Å². The Morgan fingerprint density at radius 2 is 1.47 bits per heavy atom. The molecule has 0 atom stereocenters. The molecule has 1 aromatic heterocycles. The van der Waals surface area contributed by atoms with Crippen molar-refractivity contribution in [1.82, 2.24) is 0 Å². The molecule has 3 rings (SSSR count). The van der Waals surface area contributed by atoms with Gasteiger partial charge in [-0.2, -0.15) is 0 Å². The van der Waals surface area contributed by atoms with Crippen molar-refractivity contribution in [1.29, 1.82) is 0 Å². The summed E-state index contributed by atoms with van der Waals surface area (Å²) < 4.78 is 3.59. The molecule has 6 heteroatoms. The van der Waals surface area contributed by atoms with E-state index < -0.39 is 0 Å². The summed E-state index contributed by atoms with van der Waals surface area (Å²) in [6.45, 7) is 4.45. The first-order chi connectivity index (χ1) is 17.6. The molecular formula is C32H42BrNaO2Te2. The van der Waals surface area contributed by atoms with Gasteiger partial charge in [-0.15, -0.1) is 0 Å². The molecule has 1 heterocycles. The summed E-state index contributed by atoms with van der Waals surface area (Å²) in [5.41, 5.74) is 0.876. The van der Waals surface area contributed by atoms with E-state index in [4.69, 9.17) is 0 Å². The summed E-state index contributed by atoms with van der Waals surface area (Å²) in [4.78, 5) is 23.8. The summed E-state index contributed by atoms with van der Waals surface area (Å²) in [5, 5.41) is 0.953. The van der Waals surface area contributed by atoms with Crippen LogP contribution in [0.4, 0.5) is 0 Å². The minimum atomic E-state index is -0.275. The quantitative estimate of drug-likeness (QED) is 0.0853. The number of carbonyl (C=O) groups is 1. The zero-order valence-electron chi connectivity index (χ0n) is 24.3. The van der Waals surface area contributed by atoms with Crippen molar-refractivity contribution < 1.29 is 35.8 Å². The van der Waals surface area contributed by atoms with Gasteiger partial charge in [-0.05, 0) is 24.5 Å². The third kappa shape index (κ3) is 15.2. The van der Waals surface area contributed by atoms with Crippen molar-refractivity contribution in [2.45, 2.75) is 90.9 Å². The molecular weight excluding hydrogens is 774 g/mol. The molecule has 0 radical (unpaired) electrons. The van der Waals surface area contributed by atoms with Crippen LogP contribution in [0.2, 0.25) is 0 Å². The number of fused-ring (bicyclic) bond motifs is 1. The fourth-order valence-electron chi connectivity index (χ4n) is 3.85. The van der Waals surface area contributed by atoms with Gasteiger partial charge in [0.1, 0.15) is 0 Å².